The number of hydrogen-bond donors (Lipinski definition) is 2. The van der Waals surface area contributed by atoms with Crippen LogP contribution in [0.15, 0.2) is 0 Å². The minimum Gasteiger partial charge on any atom is -0.481 e. The van der Waals surface area contributed by atoms with E-state index in [0.29, 0.717) is 6.54 Å². The maximum Gasteiger partial charge on any atom is 0.308 e. The van der Waals surface area contributed by atoms with Crippen LogP contribution in [0, 0.1) is 11.8 Å². The number of carbonyl (C=O) groups is 2. The summed E-state index contributed by atoms with van der Waals surface area (Å²) in [6.07, 6.45) is 2.28. The Morgan fingerprint density at radius 3 is 2.53 bits per heavy atom. The van der Waals surface area contributed by atoms with Crippen molar-refractivity contribution in [2.24, 2.45) is 11.8 Å². The normalized spacial score (nSPS) is 19.9. The van der Waals surface area contributed by atoms with Gasteiger partial charge in [0.05, 0.1) is 12.5 Å². The van der Waals surface area contributed by atoms with Gasteiger partial charge in [-0.15, -0.1) is 0 Å². The van der Waals surface area contributed by atoms with Crippen molar-refractivity contribution < 1.29 is 14.7 Å². The van der Waals surface area contributed by atoms with E-state index in [1.54, 1.807) is 6.92 Å². The highest BCUT2D eigenvalue weighted by Gasteiger charge is 2.18. The molecule has 1 aliphatic rings. The Morgan fingerprint density at radius 2 is 2.00 bits per heavy atom. The van der Waals surface area contributed by atoms with Gasteiger partial charge in [-0.1, -0.05) is 13.8 Å². The van der Waals surface area contributed by atoms with Crippen LogP contribution in [0.25, 0.3) is 0 Å². The van der Waals surface area contributed by atoms with Gasteiger partial charge in [0, 0.05) is 6.54 Å². The van der Waals surface area contributed by atoms with Gasteiger partial charge in [0.1, 0.15) is 0 Å². The fourth-order valence-electron chi connectivity index (χ4n) is 1.83. The first-order chi connectivity index (χ1) is 7.99. The summed E-state index contributed by atoms with van der Waals surface area (Å²) in [7, 11) is 0. The summed E-state index contributed by atoms with van der Waals surface area (Å²) >= 11 is 0. The molecule has 1 rings (SSSR count). The van der Waals surface area contributed by atoms with Crippen molar-refractivity contribution in [2.75, 3.05) is 26.2 Å². The molecule has 1 amide bonds. The lowest BCUT2D eigenvalue weighted by molar-refractivity contribution is -0.141. The standard InChI is InChI=1S/C12H22N2O3/c1-9-3-5-14(6-4-9)8-11(15)13-7-10(2)12(16)17/h9-10H,3-8H2,1-2H3,(H,13,15)(H,16,17). The molecule has 1 saturated heterocycles. The summed E-state index contributed by atoms with van der Waals surface area (Å²) in [6, 6.07) is 0. The van der Waals surface area contributed by atoms with Crippen molar-refractivity contribution in [2.45, 2.75) is 26.7 Å². The minimum absolute atomic E-state index is 0.0762. The minimum atomic E-state index is -0.878. The number of nitrogens with one attached hydrogen (secondary N) is 1. The maximum atomic E-state index is 11.6. The molecule has 0 radical (unpaired) electrons. The van der Waals surface area contributed by atoms with Crippen LogP contribution in [0.3, 0.4) is 0 Å². The molecule has 2 N–H and O–H groups in total. The summed E-state index contributed by atoms with van der Waals surface area (Å²) in [5, 5.41) is 11.3. The second kappa shape index (κ2) is 6.59. The lowest BCUT2D eigenvalue weighted by Crippen LogP contribution is -2.42. The van der Waals surface area contributed by atoms with Crippen LogP contribution in [-0.4, -0.2) is 48.1 Å². The van der Waals surface area contributed by atoms with Gasteiger partial charge in [0.25, 0.3) is 0 Å². The summed E-state index contributed by atoms with van der Waals surface area (Å²) < 4.78 is 0. The number of nitrogens with zero attached hydrogens (tertiary/aromatic N) is 1. The van der Waals surface area contributed by atoms with Gasteiger partial charge < -0.3 is 10.4 Å². The molecule has 0 saturated carbocycles. The third-order valence-electron chi connectivity index (χ3n) is 3.27. The predicted octanol–water partition coefficient (Wildman–Crippen LogP) is 0.555. The number of amides is 1. The Kier molecular flexibility index (Phi) is 5.41. The van der Waals surface area contributed by atoms with Crippen LogP contribution < -0.4 is 5.32 Å². The van der Waals surface area contributed by atoms with Crippen molar-refractivity contribution >= 4 is 11.9 Å². The van der Waals surface area contributed by atoms with Gasteiger partial charge in [-0.25, -0.2) is 0 Å². The average Bonchev–Trinajstić information content (AvgIpc) is 2.29. The third-order valence-corrected chi connectivity index (χ3v) is 3.27. The maximum absolute atomic E-state index is 11.6. The SMILES string of the molecule is CC1CCN(CC(=O)NCC(C)C(=O)O)CC1. The van der Waals surface area contributed by atoms with E-state index in [1.165, 1.54) is 0 Å². The summed E-state index contributed by atoms with van der Waals surface area (Å²) in [6.45, 7) is 6.33. The van der Waals surface area contributed by atoms with Gasteiger partial charge >= 0.3 is 5.97 Å². The van der Waals surface area contributed by atoms with Crippen LogP contribution >= 0.6 is 0 Å². The van der Waals surface area contributed by atoms with E-state index >= 15 is 0 Å². The molecule has 5 heteroatoms. The number of carboxylic acids is 1. The van der Waals surface area contributed by atoms with E-state index in [2.05, 4.69) is 17.1 Å². The lowest BCUT2D eigenvalue weighted by atomic mass is 9.99. The molecule has 0 spiro atoms. The fraction of sp³-hybridized carbons (Fsp3) is 0.833. The van der Waals surface area contributed by atoms with E-state index in [4.69, 9.17) is 5.11 Å². The smallest absolute Gasteiger partial charge is 0.308 e. The summed E-state index contributed by atoms with van der Waals surface area (Å²) in [4.78, 5) is 24.3. The molecule has 0 aromatic rings. The van der Waals surface area contributed by atoms with E-state index in [9.17, 15) is 9.59 Å². The quantitative estimate of drug-likeness (QED) is 0.739. The fourth-order valence-corrected chi connectivity index (χ4v) is 1.83. The van der Waals surface area contributed by atoms with Crippen molar-refractivity contribution in [1.29, 1.82) is 0 Å². The summed E-state index contributed by atoms with van der Waals surface area (Å²) in [5.74, 6) is -0.730. The Morgan fingerprint density at radius 1 is 1.41 bits per heavy atom. The van der Waals surface area contributed by atoms with Gasteiger partial charge in [0.2, 0.25) is 5.91 Å². The topological polar surface area (TPSA) is 69.6 Å². The largest absolute Gasteiger partial charge is 0.481 e. The third kappa shape index (κ3) is 5.17. The molecule has 5 nitrogen and oxygen atoms in total. The average molecular weight is 242 g/mol. The predicted molar refractivity (Wildman–Crippen MR) is 64.6 cm³/mol. The highest BCUT2D eigenvalue weighted by atomic mass is 16.4. The second-order valence-electron chi connectivity index (χ2n) is 5.00. The van der Waals surface area contributed by atoms with Gasteiger partial charge in [-0.05, 0) is 31.8 Å². The Balaban J connectivity index is 2.19. The molecular formula is C12H22N2O3. The molecule has 1 aliphatic heterocycles. The molecule has 1 fully saturated rings. The molecule has 1 heterocycles. The van der Waals surface area contributed by atoms with E-state index in [-0.39, 0.29) is 12.5 Å². The molecule has 0 bridgehead atoms. The zero-order chi connectivity index (χ0) is 12.8. The van der Waals surface area contributed by atoms with Crippen LogP contribution in [0.1, 0.15) is 26.7 Å². The van der Waals surface area contributed by atoms with Gasteiger partial charge in [-0.2, -0.15) is 0 Å². The molecular weight excluding hydrogens is 220 g/mol. The van der Waals surface area contributed by atoms with Gasteiger partial charge in [0.15, 0.2) is 0 Å². The number of rotatable bonds is 5. The highest BCUT2D eigenvalue weighted by molar-refractivity contribution is 5.79. The zero-order valence-electron chi connectivity index (χ0n) is 10.6. The molecule has 98 valence electrons. The molecule has 0 aliphatic carbocycles. The van der Waals surface area contributed by atoms with Crippen LogP contribution in [-0.2, 0) is 9.59 Å². The molecule has 0 aromatic heterocycles. The first-order valence-electron chi connectivity index (χ1n) is 6.21. The van der Waals surface area contributed by atoms with E-state index < -0.39 is 11.9 Å². The highest BCUT2D eigenvalue weighted by Crippen LogP contribution is 2.15. The van der Waals surface area contributed by atoms with Crippen LogP contribution in [0.4, 0.5) is 0 Å². The number of hydrogen-bond acceptors (Lipinski definition) is 3. The first kappa shape index (κ1) is 14.0. The number of aliphatic carboxylic acids is 1. The molecule has 17 heavy (non-hydrogen) atoms. The van der Waals surface area contributed by atoms with Gasteiger partial charge in [-0.3, -0.25) is 14.5 Å². The number of piperidine rings is 1. The Bertz CT molecular complexity index is 273. The van der Waals surface area contributed by atoms with Crippen molar-refractivity contribution in [3.05, 3.63) is 0 Å². The number of likely N-dealkylation sites (tertiary alicyclic amines) is 1. The first-order valence-corrected chi connectivity index (χ1v) is 6.21. The van der Waals surface area contributed by atoms with E-state index in [0.717, 1.165) is 31.8 Å². The Hall–Kier alpha value is -1.10. The molecule has 0 aromatic carbocycles. The summed E-state index contributed by atoms with van der Waals surface area (Å²) in [5.41, 5.74) is 0. The second-order valence-corrected chi connectivity index (χ2v) is 5.00. The lowest BCUT2D eigenvalue weighted by Gasteiger charge is -2.29. The van der Waals surface area contributed by atoms with Crippen molar-refractivity contribution in [1.82, 2.24) is 10.2 Å². The Labute approximate surface area is 102 Å². The van der Waals surface area contributed by atoms with E-state index in [1.807, 2.05) is 0 Å². The van der Waals surface area contributed by atoms with Crippen molar-refractivity contribution in [3.63, 3.8) is 0 Å². The number of carboxylic acid groups (broad SMARTS) is 1. The van der Waals surface area contributed by atoms with Crippen LogP contribution in [0.5, 0.6) is 0 Å². The molecule has 1 unspecified atom stereocenters. The van der Waals surface area contributed by atoms with Crippen LogP contribution in [0.2, 0.25) is 0 Å². The number of carbonyl (C=O) groups excluding carboxylic acids is 1. The monoisotopic (exact) mass is 242 g/mol. The molecule has 1 atom stereocenters. The van der Waals surface area contributed by atoms with Crippen molar-refractivity contribution in [3.8, 4) is 0 Å². The zero-order valence-corrected chi connectivity index (χ0v) is 10.6.